The molecule has 6 unspecified atom stereocenters. The van der Waals surface area contributed by atoms with E-state index in [-0.39, 0.29) is 46.5 Å². The van der Waals surface area contributed by atoms with Gasteiger partial charge in [0.1, 0.15) is 16.3 Å². The molecule has 67 heavy (non-hydrogen) atoms. The van der Waals surface area contributed by atoms with Gasteiger partial charge in [-0.2, -0.15) is 0 Å². The highest BCUT2D eigenvalue weighted by Crippen LogP contribution is 2.64. The Hall–Kier alpha value is -5.20. The van der Waals surface area contributed by atoms with Gasteiger partial charge in [0.15, 0.2) is 0 Å². The van der Waals surface area contributed by atoms with Gasteiger partial charge in [-0.05, 0) is 127 Å². The summed E-state index contributed by atoms with van der Waals surface area (Å²) in [6, 6.07) is 19.7. The van der Waals surface area contributed by atoms with Crippen LogP contribution >= 0.6 is 11.3 Å². The average molecular weight is 898 g/mol. The summed E-state index contributed by atoms with van der Waals surface area (Å²) in [5, 5.41) is 4.21. The molecule has 338 valence electrons. The minimum Gasteiger partial charge on any atom is -0.465 e. The molecular weight excluding hydrogens is 834 g/mol. The minimum atomic E-state index is -0.0161. The zero-order valence-corrected chi connectivity index (χ0v) is 41.8. The number of ether oxygens (including phenoxy) is 1. The van der Waals surface area contributed by atoms with Gasteiger partial charge in [0.2, 0.25) is 6.71 Å². The number of benzene rings is 3. The lowest BCUT2D eigenvalue weighted by molar-refractivity contribution is 0.0448. The van der Waals surface area contributed by atoms with E-state index in [1.54, 1.807) is 22.3 Å². The predicted octanol–water partition coefficient (Wildman–Crippen LogP) is 14.1. The van der Waals surface area contributed by atoms with Crippen LogP contribution in [0.4, 0.5) is 5.69 Å². The molecule has 2 fully saturated rings. The van der Waals surface area contributed by atoms with Gasteiger partial charge in [-0.15, -0.1) is 11.3 Å². The SMILES string of the molecule is Cc1cc2c3c(c1)-n1c4sc5ccccc5c4c4cc(C(C)(C)C)cc(c41)B3C1=CC=C(N3C4=C(C=C(C(C)(C)C)CC4)C4(C)CCCCC34C)CC1N2C1C=CC=C2OC3=CC=CCC3C21. The van der Waals surface area contributed by atoms with Crippen molar-refractivity contribution in [3.8, 4) is 5.69 Å². The summed E-state index contributed by atoms with van der Waals surface area (Å²) in [5.74, 6) is 2.84. The molecule has 5 aromatic rings. The fourth-order valence-corrected chi connectivity index (χ4v) is 16.4. The Labute approximate surface area is 401 Å². The van der Waals surface area contributed by atoms with E-state index in [1.807, 2.05) is 11.3 Å². The topological polar surface area (TPSA) is 20.6 Å². The molecule has 0 N–H and O–H groups in total. The maximum absolute atomic E-state index is 6.83. The van der Waals surface area contributed by atoms with E-state index in [0.29, 0.717) is 5.92 Å². The van der Waals surface area contributed by atoms with Crippen molar-refractivity contribution < 1.29 is 4.74 Å². The molecule has 0 spiro atoms. The highest BCUT2D eigenvalue weighted by Gasteiger charge is 2.60. The monoisotopic (exact) mass is 897 g/mol. The largest absolute Gasteiger partial charge is 0.465 e. The first kappa shape index (κ1) is 40.8. The molecular formula is C61H64BN3OS. The zero-order chi connectivity index (χ0) is 45.7. The van der Waals surface area contributed by atoms with Crippen molar-refractivity contribution in [3.05, 3.63) is 154 Å². The molecule has 6 atom stereocenters. The van der Waals surface area contributed by atoms with Gasteiger partial charge in [-0.3, -0.25) is 0 Å². The number of aromatic nitrogens is 1. The Morgan fingerprint density at radius 1 is 0.836 bits per heavy atom. The van der Waals surface area contributed by atoms with E-state index >= 15 is 0 Å². The second-order valence-corrected chi connectivity index (χ2v) is 25.3. The van der Waals surface area contributed by atoms with Crippen molar-refractivity contribution in [3.63, 3.8) is 0 Å². The van der Waals surface area contributed by atoms with Crippen LogP contribution in [-0.2, 0) is 10.2 Å². The number of rotatable bonds is 2. The molecule has 0 radical (unpaired) electrons. The van der Waals surface area contributed by atoms with Crippen LogP contribution in [-0.4, -0.2) is 33.8 Å². The van der Waals surface area contributed by atoms with Crippen LogP contribution in [0.2, 0.25) is 0 Å². The zero-order valence-electron chi connectivity index (χ0n) is 41.0. The molecule has 2 aromatic heterocycles. The average Bonchev–Trinajstić information content (AvgIpc) is 4.02. The molecule has 1 saturated carbocycles. The van der Waals surface area contributed by atoms with Crippen LogP contribution in [0.25, 0.3) is 36.9 Å². The van der Waals surface area contributed by atoms with Gasteiger partial charge in [0, 0.05) is 67.4 Å². The number of nitrogens with zero attached hydrogens (tertiary/aromatic N) is 3. The van der Waals surface area contributed by atoms with E-state index in [9.17, 15) is 0 Å². The van der Waals surface area contributed by atoms with Crippen LogP contribution in [0.5, 0.6) is 0 Å². The fourth-order valence-electron chi connectivity index (χ4n) is 15.2. The summed E-state index contributed by atoms with van der Waals surface area (Å²) < 4.78 is 10.9. The Morgan fingerprint density at radius 2 is 1.64 bits per heavy atom. The Morgan fingerprint density at radius 3 is 2.48 bits per heavy atom. The standard InChI is InChI=1S/C61H64BN3OS/c1-35-29-48-55-49(30-35)64-56-41(53-40-18-11-13-22-52(40)67-57(53)64)31-37(59(5,6)7)33-44(56)62(55)43-25-24-38(34-47(43)63(48)46-19-16-21-51-54(46)39-17-10-12-20-50(39)66-51)65-45-26-23-36(58(2,3)4)32-42(45)60(8)27-14-15-28-61(60,65)9/h10-13,16,18-22,24-25,29-33,39,46-47,54H,14-15,17,23,26-28,34H2,1-9H3. The second kappa shape index (κ2) is 13.5. The fraction of sp³-hybridized carbons (Fsp3) is 0.410. The van der Waals surface area contributed by atoms with Crippen molar-refractivity contribution in [2.45, 2.75) is 137 Å². The van der Waals surface area contributed by atoms with Gasteiger partial charge < -0.3 is 19.1 Å². The summed E-state index contributed by atoms with van der Waals surface area (Å²) in [7, 11) is 0. The molecule has 0 amide bonds. The van der Waals surface area contributed by atoms with E-state index < -0.39 is 0 Å². The highest BCUT2D eigenvalue weighted by molar-refractivity contribution is 7.26. The van der Waals surface area contributed by atoms with Crippen LogP contribution < -0.4 is 15.8 Å². The molecule has 5 aliphatic carbocycles. The molecule has 6 heterocycles. The van der Waals surface area contributed by atoms with Gasteiger partial charge in [0.25, 0.3) is 0 Å². The van der Waals surface area contributed by atoms with Crippen molar-refractivity contribution >= 4 is 65.9 Å². The molecule has 4 aliphatic heterocycles. The van der Waals surface area contributed by atoms with Crippen LogP contribution in [0, 0.1) is 29.6 Å². The minimum absolute atomic E-state index is 0.0161. The second-order valence-electron chi connectivity index (χ2n) is 24.3. The third-order valence-corrected chi connectivity index (χ3v) is 19.8. The summed E-state index contributed by atoms with van der Waals surface area (Å²) >= 11 is 1.97. The third kappa shape index (κ3) is 5.32. The number of thiophene rings is 1. The lowest BCUT2D eigenvalue weighted by Gasteiger charge is -2.55. The van der Waals surface area contributed by atoms with E-state index in [4.69, 9.17) is 4.74 Å². The van der Waals surface area contributed by atoms with Gasteiger partial charge in [-0.1, -0.05) is 133 Å². The summed E-state index contributed by atoms with van der Waals surface area (Å²) in [5.41, 5.74) is 18.2. The van der Waals surface area contributed by atoms with Gasteiger partial charge in [-0.25, -0.2) is 0 Å². The first-order valence-electron chi connectivity index (χ1n) is 25.7. The van der Waals surface area contributed by atoms with Crippen LogP contribution in [0.15, 0.2) is 143 Å². The van der Waals surface area contributed by atoms with Crippen molar-refractivity contribution in [2.24, 2.45) is 22.7 Å². The van der Waals surface area contributed by atoms with Gasteiger partial charge >= 0.3 is 0 Å². The molecule has 1 saturated heterocycles. The maximum atomic E-state index is 6.83. The van der Waals surface area contributed by atoms with Crippen LogP contribution in [0.1, 0.15) is 118 Å². The summed E-state index contributed by atoms with van der Waals surface area (Å²) in [6.07, 6.45) is 31.3. The molecule has 9 aliphatic rings. The van der Waals surface area contributed by atoms with Crippen LogP contribution in [0.3, 0.4) is 0 Å². The number of fused-ring (bicyclic) bond motifs is 14. The number of aryl methyl sites for hydroxylation is 1. The molecule has 4 nitrogen and oxygen atoms in total. The van der Waals surface area contributed by atoms with E-state index in [2.05, 4.69) is 180 Å². The summed E-state index contributed by atoms with van der Waals surface area (Å²) in [4.78, 5) is 7.29. The first-order chi connectivity index (χ1) is 32.1. The maximum Gasteiger partial charge on any atom is 0.247 e. The Kier molecular flexibility index (Phi) is 8.24. The smallest absolute Gasteiger partial charge is 0.247 e. The molecule has 0 bridgehead atoms. The Bertz CT molecular complexity index is 3340. The number of allylic oxidation sites excluding steroid dienone is 11. The quantitative estimate of drug-likeness (QED) is 0.165. The molecule has 3 aromatic carbocycles. The highest BCUT2D eigenvalue weighted by atomic mass is 32.1. The normalized spacial score (nSPS) is 29.2. The molecule has 6 heteroatoms. The number of hydrogen-bond acceptors (Lipinski definition) is 4. The van der Waals surface area contributed by atoms with E-state index in [1.165, 1.54) is 96.0 Å². The summed E-state index contributed by atoms with van der Waals surface area (Å²) in [6.45, 7) is 22.3. The van der Waals surface area contributed by atoms with Crippen molar-refractivity contribution in [2.75, 3.05) is 4.90 Å². The van der Waals surface area contributed by atoms with Gasteiger partial charge in [0.05, 0.1) is 23.0 Å². The van der Waals surface area contributed by atoms with Crippen molar-refractivity contribution in [1.82, 2.24) is 9.47 Å². The van der Waals surface area contributed by atoms with E-state index in [0.717, 1.165) is 37.2 Å². The third-order valence-electron chi connectivity index (χ3n) is 18.7. The lowest BCUT2D eigenvalue weighted by Crippen LogP contribution is -2.64. The first-order valence-corrected chi connectivity index (χ1v) is 26.5. The number of anilines is 1. The lowest BCUT2D eigenvalue weighted by atomic mass is 9.31. The predicted molar refractivity (Wildman–Crippen MR) is 283 cm³/mol. The van der Waals surface area contributed by atoms with Crippen molar-refractivity contribution in [1.29, 1.82) is 0 Å². The Balaban J connectivity index is 1.04. The molecule has 14 rings (SSSR count). The number of hydrogen-bond donors (Lipinski definition) is 0.